The zero-order valence-electron chi connectivity index (χ0n) is 27.4. The minimum Gasteiger partial charge on any atom is -0.463 e. The summed E-state index contributed by atoms with van der Waals surface area (Å²) in [7, 11) is 0. The molecule has 4 aliphatic heterocycles. The molecule has 0 aromatic rings. The fourth-order valence-electron chi connectivity index (χ4n) is 7.61. The lowest BCUT2D eigenvalue weighted by Gasteiger charge is -2.38. The number of rotatable bonds is 10. The molecule has 1 aliphatic carbocycles. The molecular formula is C33H52O11. The molecule has 0 spiro atoms. The summed E-state index contributed by atoms with van der Waals surface area (Å²) in [6.45, 7) is 15.5. The summed E-state index contributed by atoms with van der Waals surface area (Å²) in [6, 6.07) is 0. The van der Waals surface area contributed by atoms with Crippen molar-refractivity contribution in [2.75, 3.05) is 26.4 Å². The molecule has 11 heteroatoms. The van der Waals surface area contributed by atoms with Gasteiger partial charge in [0, 0.05) is 17.8 Å². The van der Waals surface area contributed by atoms with Crippen LogP contribution in [0.15, 0.2) is 0 Å². The van der Waals surface area contributed by atoms with Gasteiger partial charge in [0.25, 0.3) is 0 Å². The van der Waals surface area contributed by atoms with Gasteiger partial charge in [0.05, 0.1) is 56.6 Å². The normalized spacial score (nSPS) is 38.6. The van der Waals surface area contributed by atoms with Crippen molar-refractivity contribution in [1.29, 1.82) is 0 Å². The third kappa shape index (κ3) is 6.90. The molecule has 5 fully saturated rings. The van der Waals surface area contributed by atoms with Crippen molar-refractivity contribution in [3.63, 3.8) is 0 Å². The maximum Gasteiger partial charge on any atom is 0.509 e. The van der Waals surface area contributed by atoms with Gasteiger partial charge < -0.3 is 37.9 Å². The molecule has 250 valence electrons. The molecule has 0 radical (unpaired) electrons. The van der Waals surface area contributed by atoms with Gasteiger partial charge in [-0.3, -0.25) is 9.59 Å². The Balaban J connectivity index is 1.11. The smallest absolute Gasteiger partial charge is 0.463 e. The number of hydrogen-bond donors (Lipinski definition) is 0. The quantitative estimate of drug-likeness (QED) is 0.253. The molecule has 44 heavy (non-hydrogen) atoms. The van der Waals surface area contributed by atoms with E-state index in [4.69, 9.17) is 37.9 Å². The Morgan fingerprint density at radius 2 is 1.20 bits per heavy atom. The monoisotopic (exact) mass is 624 g/mol. The first-order valence-corrected chi connectivity index (χ1v) is 16.7. The maximum absolute atomic E-state index is 13.1. The molecule has 10 unspecified atom stereocenters. The fourth-order valence-corrected chi connectivity index (χ4v) is 7.61. The summed E-state index contributed by atoms with van der Waals surface area (Å²) in [5.41, 5.74) is -0.830. The molecule has 0 N–H and O–H groups in total. The predicted octanol–water partition coefficient (Wildman–Crippen LogP) is 4.47. The van der Waals surface area contributed by atoms with E-state index < -0.39 is 24.0 Å². The van der Waals surface area contributed by atoms with Crippen molar-refractivity contribution in [2.45, 2.75) is 129 Å². The van der Waals surface area contributed by atoms with E-state index in [2.05, 4.69) is 13.8 Å². The number of ether oxygens (including phenoxy) is 8. The van der Waals surface area contributed by atoms with Crippen LogP contribution < -0.4 is 0 Å². The van der Waals surface area contributed by atoms with Gasteiger partial charge >= 0.3 is 18.1 Å². The second-order valence-corrected chi connectivity index (χ2v) is 14.2. The van der Waals surface area contributed by atoms with Gasteiger partial charge in [0.1, 0.15) is 17.8 Å². The standard InChI is InChI=1S/C33H52O11/c1-8-33(7,44-32(36)43-25-16-39-26-22(17(2)3)13-37-29(25)26)19(6)23-14-38-28-24(15-40-27(23)28)42-31(35)21-11-9-20(10-12-21)30(34)41-18(4)5/h17-29H,8-16H2,1-7H3. The topological polar surface area (TPSA) is 125 Å². The summed E-state index contributed by atoms with van der Waals surface area (Å²) in [5, 5.41) is 0. The van der Waals surface area contributed by atoms with E-state index in [9.17, 15) is 14.4 Å². The largest absolute Gasteiger partial charge is 0.509 e. The van der Waals surface area contributed by atoms with Gasteiger partial charge in [0.15, 0.2) is 12.2 Å². The van der Waals surface area contributed by atoms with Gasteiger partial charge in [-0.2, -0.15) is 0 Å². The minimum absolute atomic E-state index is 0.0620. The minimum atomic E-state index is -0.830. The van der Waals surface area contributed by atoms with E-state index >= 15 is 0 Å². The molecule has 0 amide bonds. The molecule has 0 bridgehead atoms. The lowest BCUT2D eigenvalue weighted by atomic mass is 9.76. The van der Waals surface area contributed by atoms with Gasteiger partial charge in [0.2, 0.25) is 0 Å². The van der Waals surface area contributed by atoms with Crippen LogP contribution in [0.3, 0.4) is 0 Å². The zero-order chi connectivity index (χ0) is 31.8. The van der Waals surface area contributed by atoms with Crippen LogP contribution in [0.25, 0.3) is 0 Å². The third-order valence-electron chi connectivity index (χ3n) is 10.8. The van der Waals surface area contributed by atoms with Crippen LogP contribution >= 0.6 is 0 Å². The van der Waals surface area contributed by atoms with E-state index in [0.29, 0.717) is 57.8 Å². The lowest BCUT2D eigenvalue weighted by molar-refractivity contribution is -0.163. The summed E-state index contributed by atoms with van der Waals surface area (Å²) in [4.78, 5) is 38.4. The number of carbonyl (C=O) groups excluding carboxylic acids is 3. The van der Waals surface area contributed by atoms with Crippen LogP contribution in [-0.2, 0) is 47.5 Å². The van der Waals surface area contributed by atoms with Gasteiger partial charge in [-0.05, 0) is 58.8 Å². The Morgan fingerprint density at radius 3 is 1.75 bits per heavy atom. The van der Waals surface area contributed by atoms with Crippen LogP contribution in [0.4, 0.5) is 4.79 Å². The van der Waals surface area contributed by atoms with Gasteiger partial charge in [-0.25, -0.2) is 4.79 Å². The van der Waals surface area contributed by atoms with Crippen molar-refractivity contribution in [3.8, 4) is 0 Å². The summed E-state index contributed by atoms with van der Waals surface area (Å²) >= 11 is 0. The average Bonchev–Trinajstić information content (AvgIpc) is 3.76. The van der Waals surface area contributed by atoms with Crippen molar-refractivity contribution < 1.29 is 52.3 Å². The fraction of sp³-hybridized carbons (Fsp3) is 0.909. The molecule has 4 saturated heterocycles. The number of esters is 2. The second kappa shape index (κ2) is 13.8. The molecule has 0 aromatic heterocycles. The maximum atomic E-state index is 13.1. The number of carbonyl (C=O) groups is 3. The highest BCUT2D eigenvalue weighted by atomic mass is 16.8. The van der Waals surface area contributed by atoms with Crippen LogP contribution in [0.2, 0.25) is 0 Å². The molecular weight excluding hydrogens is 572 g/mol. The predicted molar refractivity (Wildman–Crippen MR) is 157 cm³/mol. The first kappa shape index (κ1) is 33.4. The number of fused-ring (bicyclic) bond motifs is 2. The molecule has 0 aromatic carbocycles. The van der Waals surface area contributed by atoms with E-state index in [-0.39, 0.29) is 78.7 Å². The summed E-state index contributed by atoms with van der Waals surface area (Å²) in [5.74, 6) is -0.334. The highest BCUT2D eigenvalue weighted by Gasteiger charge is 2.55. The van der Waals surface area contributed by atoms with E-state index in [0.717, 1.165) is 0 Å². The van der Waals surface area contributed by atoms with Crippen molar-refractivity contribution in [2.24, 2.45) is 35.5 Å². The Bertz CT molecular complexity index is 1020. The second-order valence-electron chi connectivity index (χ2n) is 14.2. The molecule has 1 saturated carbocycles. The zero-order valence-corrected chi connectivity index (χ0v) is 27.4. The number of hydrogen-bond acceptors (Lipinski definition) is 11. The van der Waals surface area contributed by atoms with Crippen LogP contribution in [-0.4, -0.2) is 92.9 Å². The van der Waals surface area contributed by atoms with Crippen LogP contribution in [0, 0.1) is 35.5 Å². The molecule has 4 heterocycles. The van der Waals surface area contributed by atoms with Gasteiger partial charge in [-0.1, -0.05) is 27.7 Å². The molecule has 10 atom stereocenters. The Labute approximate surface area is 261 Å². The first-order chi connectivity index (χ1) is 20.9. The Hall–Kier alpha value is -1.95. The van der Waals surface area contributed by atoms with Crippen molar-refractivity contribution in [3.05, 3.63) is 0 Å². The highest BCUT2D eigenvalue weighted by Crippen LogP contribution is 2.43. The average molecular weight is 625 g/mol. The third-order valence-corrected chi connectivity index (χ3v) is 10.8. The summed E-state index contributed by atoms with van der Waals surface area (Å²) < 4.78 is 47.3. The SMILES string of the molecule is CCC(C)(OC(=O)OC1COC2C(C(C)C)COC12)C(C)C1COC2C(OC(=O)C3CCC(C(=O)OC(C)C)CC3)COC12. The van der Waals surface area contributed by atoms with Crippen molar-refractivity contribution in [1.82, 2.24) is 0 Å². The van der Waals surface area contributed by atoms with Crippen LogP contribution in [0.5, 0.6) is 0 Å². The molecule has 11 nitrogen and oxygen atoms in total. The lowest BCUT2D eigenvalue weighted by Crippen LogP contribution is -2.46. The van der Waals surface area contributed by atoms with E-state index in [1.165, 1.54) is 0 Å². The van der Waals surface area contributed by atoms with E-state index in [1.54, 1.807) is 0 Å². The Morgan fingerprint density at radius 1 is 0.705 bits per heavy atom. The summed E-state index contributed by atoms with van der Waals surface area (Å²) in [6.07, 6.45) is 0.142. The van der Waals surface area contributed by atoms with E-state index in [1.807, 2.05) is 34.6 Å². The highest BCUT2D eigenvalue weighted by molar-refractivity contribution is 5.75. The molecule has 5 aliphatic rings. The molecule has 5 rings (SSSR count). The Kier molecular flexibility index (Phi) is 10.5. The van der Waals surface area contributed by atoms with Gasteiger partial charge in [-0.15, -0.1) is 0 Å². The van der Waals surface area contributed by atoms with Crippen molar-refractivity contribution >= 4 is 18.1 Å². The first-order valence-electron chi connectivity index (χ1n) is 16.7. The van der Waals surface area contributed by atoms with Crippen LogP contribution in [0.1, 0.15) is 80.6 Å².